The van der Waals surface area contributed by atoms with Crippen molar-refractivity contribution >= 4 is 22.4 Å². The number of unbranched alkanes of at least 4 members (excludes halogenated alkanes) is 1. The summed E-state index contributed by atoms with van der Waals surface area (Å²) >= 11 is 1.49. The van der Waals surface area contributed by atoms with Gasteiger partial charge in [0.2, 0.25) is 5.91 Å². The number of rotatable bonds is 6. The Morgan fingerprint density at radius 2 is 2.10 bits per heavy atom. The van der Waals surface area contributed by atoms with Crippen molar-refractivity contribution in [1.29, 1.82) is 0 Å². The monoisotopic (exact) mass is 300 g/mol. The van der Waals surface area contributed by atoms with E-state index in [2.05, 4.69) is 41.5 Å². The number of aryl methyl sites for hydroxylation is 1. The number of hydrogen-bond donors (Lipinski definition) is 1. The number of aromatic nitrogens is 1. The molecule has 0 atom stereocenters. The Labute approximate surface area is 129 Å². The van der Waals surface area contributed by atoms with E-state index in [9.17, 15) is 4.79 Å². The molecule has 1 saturated carbocycles. The highest BCUT2D eigenvalue weighted by atomic mass is 32.1. The Morgan fingerprint density at radius 3 is 2.76 bits per heavy atom. The zero-order valence-corrected chi connectivity index (χ0v) is 13.1. The van der Waals surface area contributed by atoms with Gasteiger partial charge in [-0.1, -0.05) is 37.6 Å². The van der Waals surface area contributed by atoms with Crippen LogP contribution in [0.1, 0.15) is 38.2 Å². The van der Waals surface area contributed by atoms with Gasteiger partial charge in [-0.25, -0.2) is 4.98 Å². The minimum absolute atomic E-state index is 0.116. The van der Waals surface area contributed by atoms with E-state index < -0.39 is 0 Å². The summed E-state index contributed by atoms with van der Waals surface area (Å²) in [5.41, 5.74) is 3.42. The molecular weight excluding hydrogens is 280 g/mol. The highest BCUT2D eigenvalue weighted by molar-refractivity contribution is 7.14. The van der Waals surface area contributed by atoms with Crippen molar-refractivity contribution < 1.29 is 4.79 Å². The molecule has 2 aromatic rings. The molecule has 1 N–H and O–H groups in total. The maximum Gasteiger partial charge on any atom is 0.229 e. The minimum atomic E-state index is 0.116. The molecule has 0 radical (unpaired) electrons. The van der Waals surface area contributed by atoms with Gasteiger partial charge in [0.1, 0.15) is 0 Å². The molecule has 0 aliphatic heterocycles. The summed E-state index contributed by atoms with van der Waals surface area (Å²) in [6.45, 7) is 2.21. The fourth-order valence-corrected chi connectivity index (χ4v) is 2.96. The molecule has 110 valence electrons. The van der Waals surface area contributed by atoms with E-state index in [1.54, 1.807) is 0 Å². The fourth-order valence-electron chi connectivity index (χ4n) is 2.24. The molecule has 1 heterocycles. The van der Waals surface area contributed by atoms with Gasteiger partial charge in [-0.15, -0.1) is 11.3 Å². The molecule has 4 heteroatoms. The van der Waals surface area contributed by atoms with E-state index in [1.807, 2.05) is 5.38 Å². The van der Waals surface area contributed by atoms with Crippen molar-refractivity contribution in [3.05, 3.63) is 35.2 Å². The lowest BCUT2D eigenvalue weighted by Gasteiger charge is -2.02. The number of anilines is 1. The molecule has 0 spiro atoms. The number of amides is 1. The lowest BCUT2D eigenvalue weighted by molar-refractivity contribution is -0.117. The van der Waals surface area contributed by atoms with E-state index in [1.165, 1.54) is 29.7 Å². The Morgan fingerprint density at radius 1 is 1.33 bits per heavy atom. The second-order valence-electron chi connectivity index (χ2n) is 5.60. The summed E-state index contributed by atoms with van der Waals surface area (Å²) < 4.78 is 0. The number of carbonyl (C=O) groups is 1. The molecule has 3 rings (SSSR count). The highest BCUT2D eigenvalue weighted by Gasteiger charge is 2.30. The van der Waals surface area contributed by atoms with Crippen LogP contribution in [0.5, 0.6) is 0 Å². The van der Waals surface area contributed by atoms with Crippen LogP contribution in [-0.4, -0.2) is 10.9 Å². The molecular formula is C17H20N2OS. The van der Waals surface area contributed by atoms with Gasteiger partial charge in [-0.05, 0) is 31.2 Å². The van der Waals surface area contributed by atoms with Gasteiger partial charge in [-0.2, -0.15) is 0 Å². The zero-order chi connectivity index (χ0) is 14.7. The van der Waals surface area contributed by atoms with Gasteiger partial charge in [0.25, 0.3) is 0 Å². The Hall–Kier alpha value is -1.68. The van der Waals surface area contributed by atoms with Crippen LogP contribution in [0.4, 0.5) is 5.13 Å². The van der Waals surface area contributed by atoms with Gasteiger partial charge < -0.3 is 5.32 Å². The van der Waals surface area contributed by atoms with E-state index in [0.717, 1.165) is 30.5 Å². The van der Waals surface area contributed by atoms with Crippen molar-refractivity contribution in [2.75, 3.05) is 5.32 Å². The molecule has 1 aliphatic rings. The SMILES string of the molecule is CCCCc1ccc(-c2csc(NC(=O)C3CC3)n2)cc1. The lowest BCUT2D eigenvalue weighted by Crippen LogP contribution is -2.12. The molecule has 1 aliphatic carbocycles. The molecule has 0 saturated heterocycles. The summed E-state index contributed by atoms with van der Waals surface area (Å²) in [5.74, 6) is 0.334. The molecule has 0 bridgehead atoms. The predicted octanol–water partition coefficient (Wildman–Crippen LogP) is 4.50. The topological polar surface area (TPSA) is 42.0 Å². The number of hydrogen-bond acceptors (Lipinski definition) is 3. The summed E-state index contributed by atoms with van der Waals surface area (Å²) in [7, 11) is 0. The average molecular weight is 300 g/mol. The van der Waals surface area contributed by atoms with E-state index in [0.29, 0.717) is 5.13 Å². The lowest BCUT2D eigenvalue weighted by atomic mass is 10.1. The normalized spacial score (nSPS) is 14.1. The standard InChI is InChI=1S/C17H20N2OS/c1-2-3-4-12-5-7-13(8-6-12)15-11-21-17(18-15)19-16(20)14-9-10-14/h5-8,11,14H,2-4,9-10H2,1H3,(H,18,19,20). The van der Waals surface area contributed by atoms with Gasteiger partial charge in [0.15, 0.2) is 5.13 Å². The first-order valence-electron chi connectivity index (χ1n) is 7.62. The second-order valence-corrected chi connectivity index (χ2v) is 6.46. The summed E-state index contributed by atoms with van der Waals surface area (Å²) in [6, 6.07) is 8.58. The maximum atomic E-state index is 11.7. The maximum absolute atomic E-state index is 11.7. The van der Waals surface area contributed by atoms with Crippen LogP contribution in [0.3, 0.4) is 0 Å². The third kappa shape index (κ3) is 3.70. The van der Waals surface area contributed by atoms with Crippen LogP contribution in [0, 0.1) is 5.92 Å². The Balaban J connectivity index is 1.66. The van der Waals surface area contributed by atoms with Crippen molar-refractivity contribution in [2.45, 2.75) is 39.0 Å². The van der Waals surface area contributed by atoms with E-state index in [4.69, 9.17) is 0 Å². The number of benzene rings is 1. The molecule has 1 aromatic carbocycles. The Bertz CT molecular complexity index is 614. The molecule has 1 amide bonds. The minimum Gasteiger partial charge on any atom is -0.302 e. The number of nitrogens with zero attached hydrogens (tertiary/aromatic N) is 1. The first kappa shape index (κ1) is 14.3. The van der Waals surface area contributed by atoms with Crippen LogP contribution in [0.25, 0.3) is 11.3 Å². The van der Waals surface area contributed by atoms with Gasteiger partial charge in [-0.3, -0.25) is 4.79 Å². The van der Waals surface area contributed by atoms with Crippen LogP contribution in [0.15, 0.2) is 29.6 Å². The van der Waals surface area contributed by atoms with E-state index >= 15 is 0 Å². The van der Waals surface area contributed by atoms with E-state index in [-0.39, 0.29) is 11.8 Å². The first-order chi connectivity index (χ1) is 10.3. The van der Waals surface area contributed by atoms with Crippen molar-refractivity contribution in [3.63, 3.8) is 0 Å². The molecule has 3 nitrogen and oxygen atoms in total. The molecule has 21 heavy (non-hydrogen) atoms. The molecule has 0 unspecified atom stereocenters. The third-order valence-corrected chi connectivity index (χ3v) is 4.51. The zero-order valence-electron chi connectivity index (χ0n) is 12.3. The number of nitrogens with one attached hydrogen (secondary N) is 1. The predicted molar refractivity (Wildman–Crippen MR) is 87.5 cm³/mol. The summed E-state index contributed by atoms with van der Waals surface area (Å²) in [5, 5.41) is 5.61. The highest BCUT2D eigenvalue weighted by Crippen LogP contribution is 2.31. The van der Waals surface area contributed by atoms with Crippen molar-refractivity contribution in [2.24, 2.45) is 5.92 Å². The summed E-state index contributed by atoms with van der Waals surface area (Å²) in [4.78, 5) is 16.2. The number of carbonyl (C=O) groups excluding carboxylic acids is 1. The quantitative estimate of drug-likeness (QED) is 0.853. The van der Waals surface area contributed by atoms with Crippen LogP contribution in [-0.2, 0) is 11.2 Å². The summed E-state index contributed by atoms with van der Waals surface area (Å²) in [6.07, 6.45) is 5.62. The fraction of sp³-hybridized carbons (Fsp3) is 0.412. The second kappa shape index (κ2) is 6.39. The van der Waals surface area contributed by atoms with Gasteiger partial charge >= 0.3 is 0 Å². The van der Waals surface area contributed by atoms with Crippen LogP contribution >= 0.6 is 11.3 Å². The van der Waals surface area contributed by atoms with Crippen molar-refractivity contribution in [3.8, 4) is 11.3 Å². The number of thiazole rings is 1. The third-order valence-electron chi connectivity index (χ3n) is 3.75. The van der Waals surface area contributed by atoms with Gasteiger partial charge in [0, 0.05) is 16.9 Å². The van der Waals surface area contributed by atoms with Crippen molar-refractivity contribution in [1.82, 2.24) is 4.98 Å². The molecule has 1 aromatic heterocycles. The molecule has 1 fully saturated rings. The Kier molecular flexibility index (Phi) is 4.34. The smallest absolute Gasteiger partial charge is 0.229 e. The van der Waals surface area contributed by atoms with Crippen LogP contribution < -0.4 is 5.32 Å². The van der Waals surface area contributed by atoms with Gasteiger partial charge in [0.05, 0.1) is 5.69 Å². The average Bonchev–Trinajstić information content (AvgIpc) is 3.26. The first-order valence-corrected chi connectivity index (χ1v) is 8.50. The van der Waals surface area contributed by atoms with Crippen LogP contribution in [0.2, 0.25) is 0 Å². The largest absolute Gasteiger partial charge is 0.302 e.